The third kappa shape index (κ3) is 8.48. The molecule has 3 aromatic rings. The Bertz CT molecular complexity index is 1260. The van der Waals surface area contributed by atoms with E-state index in [1.54, 1.807) is 23.1 Å². The molecule has 1 saturated carbocycles. The van der Waals surface area contributed by atoms with Crippen LogP contribution in [0, 0.1) is 13.8 Å². The molecule has 0 radical (unpaired) electrons. The molecule has 0 saturated heterocycles. The smallest absolute Gasteiger partial charge is 0.261 e. The molecule has 1 aliphatic rings. The van der Waals surface area contributed by atoms with Crippen LogP contribution < -0.4 is 10.1 Å². The molecule has 2 amide bonds. The second kappa shape index (κ2) is 13.9. The van der Waals surface area contributed by atoms with E-state index in [9.17, 15) is 9.59 Å². The molecule has 0 aliphatic heterocycles. The van der Waals surface area contributed by atoms with Crippen LogP contribution in [0.2, 0.25) is 10.0 Å². The SMILES string of the molecule is Cc1cc(C)cc(OCC(=O)N(Cc2ccc(Cl)cc2Cl)[C@H](Cc2ccccc2)C(=O)NC2CCCCC2)c1. The van der Waals surface area contributed by atoms with Crippen LogP contribution in [0.4, 0.5) is 0 Å². The maximum atomic E-state index is 13.9. The zero-order valence-corrected chi connectivity index (χ0v) is 24.1. The molecule has 0 aromatic heterocycles. The number of amides is 2. The van der Waals surface area contributed by atoms with Gasteiger partial charge in [-0.15, -0.1) is 0 Å². The van der Waals surface area contributed by atoms with Gasteiger partial charge in [-0.1, -0.05) is 84.9 Å². The van der Waals surface area contributed by atoms with Gasteiger partial charge in [-0.25, -0.2) is 0 Å². The molecule has 1 fully saturated rings. The van der Waals surface area contributed by atoms with Gasteiger partial charge in [0.2, 0.25) is 5.91 Å². The molecule has 1 N–H and O–H groups in total. The zero-order valence-electron chi connectivity index (χ0n) is 22.6. The Labute approximate surface area is 241 Å². The molecule has 7 heteroatoms. The van der Waals surface area contributed by atoms with Crippen LogP contribution in [0.3, 0.4) is 0 Å². The number of ether oxygens (including phenoxy) is 1. The standard InChI is InChI=1S/C32H36Cl2N2O3/c1-22-15-23(2)17-28(16-22)39-21-31(37)36(20-25-13-14-26(33)19-29(25)34)30(18-24-9-5-3-6-10-24)32(38)35-27-11-7-4-8-12-27/h3,5-6,9-10,13-17,19,27,30H,4,7-8,11-12,18,20-21H2,1-2H3,(H,35,38)/t30-/m1/s1. The summed E-state index contributed by atoms with van der Waals surface area (Å²) in [6.45, 7) is 3.93. The van der Waals surface area contributed by atoms with Gasteiger partial charge in [-0.2, -0.15) is 0 Å². The zero-order chi connectivity index (χ0) is 27.8. The summed E-state index contributed by atoms with van der Waals surface area (Å²) in [6.07, 6.45) is 5.67. The normalized spacial score (nSPS) is 14.5. The second-order valence-electron chi connectivity index (χ2n) is 10.4. The van der Waals surface area contributed by atoms with Gasteiger partial charge < -0.3 is 15.0 Å². The minimum atomic E-state index is -0.739. The highest BCUT2D eigenvalue weighted by Gasteiger charge is 2.32. The van der Waals surface area contributed by atoms with Gasteiger partial charge in [0, 0.05) is 29.1 Å². The van der Waals surface area contributed by atoms with E-state index in [2.05, 4.69) is 11.4 Å². The number of carbonyl (C=O) groups excluding carboxylic acids is 2. The van der Waals surface area contributed by atoms with Crippen LogP contribution in [0.5, 0.6) is 5.75 Å². The van der Waals surface area contributed by atoms with E-state index < -0.39 is 6.04 Å². The van der Waals surface area contributed by atoms with Crippen molar-refractivity contribution in [3.8, 4) is 5.75 Å². The molecule has 4 rings (SSSR count). The topological polar surface area (TPSA) is 58.6 Å². The molecule has 1 atom stereocenters. The minimum Gasteiger partial charge on any atom is -0.484 e. The Kier molecular flexibility index (Phi) is 10.3. The molecule has 0 unspecified atom stereocenters. The second-order valence-corrected chi connectivity index (χ2v) is 11.3. The average Bonchev–Trinajstić information content (AvgIpc) is 2.91. The van der Waals surface area contributed by atoms with Crippen LogP contribution in [0.25, 0.3) is 0 Å². The summed E-state index contributed by atoms with van der Waals surface area (Å²) in [5, 5.41) is 4.20. The lowest BCUT2D eigenvalue weighted by molar-refractivity contribution is -0.143. The molecule has 0 heterocycles. The summed E-state index contributed by atoms with van der Waals surface area (Å²) in [5.74, 6) is 0.173. The van der Waals surface area contributed by atoms with Crippen molar-refractivity contribution in [2.45, 2.75) is 71.0 Å². The first kappa shape index (κ1) is 29.0. The van der Waals surface area contributed by atoms with Gasteiger partial charge in [0.1, 0.15) is 11.8 Å². The molecule has 5 nitrogen and oxygen atoms in total. The van der Waals surface area contributed by atoms with Gasteiger partial charge >= 0.3 is 0 Å². The van der Waals surface area contributed by atoms with Crippen molar-refractivity contribution in [3.05, 3.63) is 99.0 Å². The number of nitrogens with zero attached hydrogens (tertiary/aromatic N) is 1. The first-order chi connectivity index (χ1) is 18.8. The Morgan fingerprint density at radius 2 is 1.64 bits per heavy atom. The fourth-order valence-electron chi connectivity index (χ4n) is 5.18. The molecule has 0 bridgehead atoms. The largest absolute Gasteiger partial charge is 0.484 e. The van der Waals surface area contributed by atoms with Crippen molar-refractivity contribution in [3.63, 3.8) is 0 Å². The van der Waals surface area contributed by atoms with Gasteiger partial charge in [0.15, 0.2) is 6.61 Å². The molecule has 206 valence electrons. The van der Waals surface area contributed by atoms with E-state index in [0.29, 0.717) is 27.8 Å². The van der Waals surface area contributed by atoms with Crippen molar-refractivity contribution >= 4 is 35.0 Å². The Hall–Kier alpha value is -3.02. The Morgan fingerprint density at radius 1 is 0.949 bits per heavy atom. The number of aryl methyl sites for hydroxylation is 2. The summed E-state index contributed by atoms with van der Waals surface area (Å²) in [7, 11) is 0. The summed E-state index contributed by atoms with van der Waals surface area (Å²) < 4.78 is 5.95. The van der Waals surface area contributed by atoms with Crippen LogP contribution in [0.1, 0.15) is 54.4 Å². The van der Waals surface area contributed by atoms with Crippen LogP contribution in [-0.4, -0.2) is 35.4 Å². The third-order valence-corrected chi connectivity index (χ3v) is 7.72. The van der Waals surface area contributed by atoms with Gasteiger partial charge in [-0.3, -0.25) is 9.59 Å². The molecule has 39 heavy (non-hydrogen) atoms. The first-order valence-electron chi connectivity index (χ1n) is 13.6. The van der Waals surface area contributed by atoms with Gasteiger partial charge in [-0.05, 0) is 73.2 Å². The lowest BCUT2D eigenvalue weighted by Crippen LogP contribution is -2.53. The van der Waals surface area contributed by atoms with Crippen molar-refractivity contribution < 1.29 is 14.3 Å². The number of hydrogen-bond acceptors (Lipinski definition) is 3. The van der Waals surface area contributed by atoms with E-state index in [-0.39, 0.29) is 31.0 Å². The van der Waals surface area contributed by atoms with Crippen LogP contribution in [-0.2, 0) is 22.6 Å². The highest BCUT2D eigenvalue weighted by atomic mass is 35.5. The molecule has 3 aromatic carbocycles. The fraction of sp³-hybridized carbons (Fsp3) is 0.375. The molecule has 0 spiro atoms. The average molecular weight is 568 g/mol. The third-order valence-electron chi connectivity index (χ3n) is 7.14. The van der Waals surface area contributed by atoms with Crippen molar-refractivity contribution in [2.75, 3.05) is 6.61 Å². The Morgan fingerprint density at radius 3 is 2.31 bits per heavy atom. The summed E-state index contributed by atoms with van der Waals surface area (Å²) in [6, 6.07) is 20.2. The predicted octanol–water partition coefficient (Wildman–Crippen LogP) is 7.08. The summed E-state index contributed by atoms with van der Waals surface area (Å²) in [5.41, 5.74) is 3.79. The Balaban J connectivity index is 1.64. The van der Waals surface area contributed by atoms with Crippen molar-refractivity contribution in [1.29, 1.82) is 0 Å². The fourth-order valence-corrected chi connectivity index (χ4v) is 5.64. The van der Waals surface area contributed by atoms with Gasteiger partial charge in [0.05, 0.1) is 0 Å². The van der Waals surface area contributed by atoms with E-state index in [4.69, 9.17) is 27.9 Å². The maximum Gasteiger partial charge on any atom is 0.261 e. The van der Waals surface area contributed by atoms with E-state index in [1.165, 1.54) is 6.42 Å². The van der Waals surface area contributed by atoms with E-state index >= 15 is 0 Å². The number of carbonyl (C=O) groups is 2. The van der Waals surface area contributed by atoms with Crippen molar-refractivity contribution in [2.24, 2.45) is 0 Å². The highest BCUT2D eigenvalue weighted by molar-refractivity contribution is 6.35. The quantitative estimate of drug-likeness (QED) is 0.285. The minimum absolute atomic E-state index is 0.118. The number of nitrogens with one attached hydrogen (secondary N) is 1. The lowest BCUT2D eigenvalue weighted by Gasteiger charge is -2.33. The first-order valence-corrected chi connectivity index (χ1v) is 14.3. The number of hydrogen-bond donors (Lipinski definition) is 1. The lowest BCUT2D eigenvalue weighted by atomic mass is 9.94. The van der Waals surface area contributed by atoms with E-state index in [1.807, 2.05) is 56.3 Å². The number of rotatable bonds is 10. The van der Waals surface area contributed by atoms with Crippen molar-refractivity contribution in [1.82, 2.24) is 10.2 Å². The number of halogens is 2. The van der Waals surface area contributed by atoms with Crippen LogP contribution in [0.15, 0.2) is 66.7 Å². The summed E-state index contributed by atoms with van der Waals surface area (Å²) in [4.78, 5) is 29.3. The molecule has 1 aliphatic carbocycles. The molecular weight excluding hydrogens is 531 g/mol. The molecular formula is C32H36Cl2N2O3. The highest BCUT2D eigenvalue weighted by Crippen LogP contribution is 2.25. The van der Waals surface area contributed by atoms with Crippen LogP contribution >= 0.6 is 23.2 Å². The number of benzene rings is 3. The predicted molar refractivity (Wildman–Crippen MR) is 157 cm³/mol. The van der Waals surface area contributed by atoms with Gasteiger partial charge in [0.25, 0.3) is 5.91 Å². The summed E-state index contributed by atoms with van der Waals surface area (Å²) >= 11 is 12.7. The van der Waals surface area contributed by atoms with E-state index in [0.717, 1.165) is 42.4 Å². The maximum absolute atomic E-state index is 13.9. The monoisotopic (exact) mass is 566 g/mol.